The van der Waals surface area contributed by atoms with Crippen LogP contribution in [0.15, 0.2) is 11.1 Å². The van der Waals surface area contributed by atoms with Crippen LogP contribution < -0.4 is 11.1 Å². The molecule has 0 saturated heterocycles. The fourth-order valence-electron chi connectivity index (χ4n) is 2.15. The summed E-state index contributed by atoms with van der Waals surface area (Å²) in [6.45, 7) is 10.6. The molecule has 1 rings (SSSR count). The molecule has 1 amide bonds. The summed E-state index contributed by atoms with van der Waals surface area (Å²) in [6, 6.07) is 0. The summed E-state index contributed by atoms with van der Waals surface area (Å²) >= 11 is 3.20. The molecule has 3 N–H and O–H groups in total. The Morgan fingerprint density at radius 2 is 2.17 bits per heavy atom. The Morgan fingerprint density at radius 1 is 1.61 bits per heavy atom. The Morgan fingerprint density at radius 3 is 2.56 bits per heavy atom. The highest BCUT2D eigenvalue weighted by atomic mass is 79.9. The van der Waals surface area contributed by atoms with Gasteiger partial charge in [0.2, 0.25) is 5.91 Å². The van der Waals surface area contributed by atoms with E-state index in [1.54, 1.807) is 0 Å². The van der Waals surface area contributed by atoms with Crippen molar-refractivity contribution < 1.29 is 9.53 Å². The smallest absolute Gasteiger partial charge is 0.241 e. The van der Waals surface area contributed by atoms with Gasteiger partial charge < -0.3 is 15.8 Å². The number of rotatable bonds is 5. The third-order valence-corrected chi connectivity index (χ3v) is 3.96. The van der Waals surface area contributed by atoms with E-state index in [9.17, 15) is 4.79 Å². The molecule has 1 aliphatic carbocycles. The molecule has 1 saturated carbocycles. The van der Waals surface area contributed by atoms with Gasteiger partial charge in [-0.05, 0) is 6.92 Å². The number of nitrogens with one attached hydrogen (secondary N) is 1. The molecule has 4 nitrogen and oxygen atoms in total. The van der Waals surface area contributed by atoms with Crippen LogP contribution in [0.4, 0.5) is 0 Å². The SMILES string of the molecule is C=C(Br)CNC(=O)C1(N)CC(OCC)C1(C)C.Cl. The van der Waals surface area contributed by atoms with Crippen LogP contribution in [0.5, 0.6) is 0 Å². The lowest BCUT2D eigenvalue weighted by molar-refractivity contribution is -0.170. The molecular formula is C12H22BrClN2O2. The minimum atomic E-state index is -0.852. The Kier molecular flexibility index (Phi) is 6.33. The molecule has 2 atom stereocenters. The van der Waals surface area contributed by atoms with Gasteiger partial charge in [-0.2, -0.15) is 0 Å². The summed E-state index contributed by atoms with van der Waals surface area (Å²) < 4.78 is 6.31. The minimum Gasteiger partial charge on any atom is -0.378 e. The highest BCUT2D eigenvalue weighted by Crippen LogP contribution is 2.49. The lowest BCUT2D eigenvalue weighted by Gasteiger charge is -2.57. The highest BCUT2D eigenvalue weighted by molar-refractivity contribution is 9.11. The molecule has 0 aromatic carbocycles. The number of carbonyl (C=O) groups is 1. The molecule has 0 aromatic heterocycles. The van der Waals surface area contributed by atoms with Gasteiger partial charge in [0.15, 0.2) is 0 Å². The highest BCUT2D eigenvalue weighted by Gasteiger charge is 2.62. The Hall–Kier alpha value is -0.100. The first kappa shape index (κ1) is 17.9. The second kappa shape index (κ2) is 6.37. The van der Waals surface area contributed by atoms with Gasteiger partial charge in [0.1, 0.15) is 5.54 Å². The minimum absolute atomic E-state index is 0. The monoisotopic (exact) mass is 340 g/mol. The molecule has 0 aromatic rings. The molecule has 106 valence electrons. The van der Waals surface area contributed by atoms with E-state index in [0.717, 1.165) is 4.48 Å². The number of amides is 1. The molecular weight excluding hydrogens is 320 g/mol. The summed E-state index contributed by atoms with van der Waals surface area (Å²) in [5.74, 6) is -0.140. The average molecular weight is 342 g/mol. The standard InChI is InChI=1S/C12H21BrN2O2.ClH/c1-5-17-9-6-12(14,11(9,3)4)10(16)15-7-8(2)13;/h9H,2,5-7,14H2,1,3-4H3,(H,15,16);1H. The van der Waals surface area contributed by atoms with E-state index in [-0.39, 0.29) is 29.8 Å². The van der Waals surface area contributed by atoms with Crippen molar-refractivity contribution >= 4 is 34.2 Å². The van der Waals surface area contributed by atoms with Crippen LogP contribution in [0.2, 0.25) is 0 Å². The Bertz CT molecular complexity index is 336. The van der Waals surface area contributed by atoms with Crippen molar-refractivity contribution in [1.82, 2.24) is 5.32 Å². The maximum absolute atomic E-state index is 12.1. The fraction of sp³-hybridized carbons (Fsp3) is 0.750. The molecule has 6 heteroatoms. The van der Waals surface area contributed by atoms with Gasteiger partial charge in [-0.3, -0.25) is 4.79 Å². The zero-order valence-corrected chi connectivity index (χ0v) is 13.5. The van der Waals surface area contributed by atoms with Crippen LogP contribution in [0.25, 0.3) is 0 Å². The normalized spacial score (nSPS) is 28.8. The molecule has 1 aliphatic rings. The van der Waals surface area contributed by atoms with Crippen LogP contribution in [-0.2, 0) is 9.53 Å². The quantitative estimate of drug-likeness (QED) is 0.803. The molecule has 0 aliphatic heterocycles. The van der Waals surface area contributed by atoms with Gasteiger partial charge in [0.05, 0.1) is 6.10 Å². The van der Waals surface area contributed by atoms with Gasteiger partial charge in [0.25, 0.3) is 0 Å². The molecule has 18 heavy (non-hydrogen) atoms. The van der Waals surface area contributed by atoms with Crippen LogP contribution in [-0.4, -0.2) is 30.7 Å². The van der Waals surface area contributed by atoms with Crippen molar-refractivity contribution in [2.75, 3.05) is 13.2 Å². The Labute approximate surface area is 123 Å². The third-order valence-electron chi connectivity index (χ3n) is 3.68. The lowest BCUT2D eigenvalue weighted by Crippen LogP contribution is -2.75. The zero-order chi connectivity index (χ0) is 13.3. The van der Waals surface area contributed by atoms with Gasteiger partial charge in [0, 0.05) is 29.5 Å². The van der Waals surface area contributed by atoms with Crippen LogP contribution in [0.3, 0.4) is 0 Å². The van der Waals surface area contributed by atoms with E-state index in [1.165, 1.54) is 0 Å². The van der Waals surface area contributed by atoms with Crippen molar-refractivity contribution in [3.05, 3.63) is 11.1 Å². The summed E-state index contributed by atoms with van der Waals surface area (Å²) in [4.78, 5) is 12.1. The average Bonchev–Trinajstić information content (AvgIpc) is 2.25. The number of hydrogen-bond acceptors (Lipinski definition) is 3. The van der Waals surface area contributed by atoms with E-state index < -0.39 is 5.54 Å². The maximum Gasteiger partial charge on any atom is 0.241 e. The molecule has 0 spiro atoms. The van der Waals surface area contributed by atoms with Crippen LogP contribution >= 0.6 is 28.3 Å². The van der Waals surface area contributed by atoms with Crippen molar-refractivity contribution in [2.45, 2.75) is 38.8 Å². The molecule has 0 bridgehead atoms. The largest absolute Gasteiger partial charge is 0.378 e. The molecule has 0 heterocycles. The number of nitrogens with two attached hydrogens (primary N) is 1. The fourth-order valence-corrected chi connectivity index (χ4v) is 2.29. The van der Waals surface area contributed by atoms with Crippen molar-refractivity contribution in [3.63, 3.8) is 0 Å². The van der Waals surface area contributed by atoms with Crippen molar-refractivity contribution in [2.24, 2.45) is 11.1 Å². The predicted molar refractivity (Wildman–Crippen MR) is 79.1 cm³/mol. The number of hydrogen-bond donors (Lipinski definition) is 2. The molecule has 1 fully saturated rings. The predicted octanol–water partition coefficient (Wildman–Crippen LogP) is 1.97. The summed E-state index contributed by atoms with van der Waals surface area (Å²) in [5.41, 5.74) is 5.00. The summed E-state index contributed by atoms with van der Waals surface area (Å²) in [5, 5.41) is 2.78. The first-order valence-corrected chi connectivity index (χ1v) is 6.57. The van der Waals surface area contributed by atoms with Gasteiger partial charge in [-0.1, -0.05) is 36.4 Å². The van der Waals surface area contributed by atoms with Gasteiger partial charge in [-0.15, -0.1) is 12.4 Å². The van der Waals surface area contributed by atoms with Crippen molar-refractivity contribution in [1.29, 1.82) is 0 Å². The first-order valence-electron chi connectivity index (χ1n) is 5.77. The van der Waals surface area contributed by atoms with Crippen LogP contribution in [0.1, 0.15) is 27.2 Å². The van der Waals surface area contributed by atoms with E-state index in [1.807, 2.05) is 20.8 Å². The Balaban J connectivity index is 0.00000289. The van der Waals surface area contributed by atoms with Crippen LogP contribution in [0, 0.1) is 5.41 Å². The number of ether oxygens (including phenoxy) is 1. The van der Waals surface area contributed by atoms with Crippen molar-refractivity contribution in [3.8, 4) is 0 Å². The third kappa shape index (κ3) is 3.07. The van der Waals surface area contributed by atoms with Gasteiger partial charge in [-0.25, -0.2) is 0 Å². The maximum atomic E-state index is 12.1. The second-order valence-corrected chi connectivity index (χ2v) is 6.16. The lowest BCUT2D eigenvalue weighted by atomic mass is 9.54. The summed E-state index contributed by atoms with van der Waals surface area (Å²) in [7, 11) is 0. The topological polar surface area (TPSA) is 64.4 Å². The molecule has 2 unspecified atom stereocenters. The molecule has 0 radical (unpaired) electrons. The number of carbonyl (C=O) groups excluding carboxylic acids is 1. The zero-order valence-electron chi connectivity index (χ0n) is 11.1. The second-order valence-electron chi connectivity index (χ2n) is 5.04. The van der Waals surface area contributed by atoms with E-state index in [2.05, 4.69) is 27.8 Å². The van der Waals surface area contributed by atoms with E-state index >= 15 is 0 Å². The van der Waals surface area contributed by atoms with E-state index in [0.29, 0.717) is 19.6 Å². The first-order chi connectivity index (χ1) is 7.75. The van der Waals surface area contributed by atoms with Gasteiger partial charge >= 0.3 is 0 Å². The summed E-state index contributed by atoms with van der Waals surface area (Å²) in [6.07, 6.45) is 0.615. The van der Waals surface area contributed by atoms with E-state index in [4.69, 9.17) is 10.5 Å². The number of halogens is 2.